The van der Waals surface area contributed by atoms with E-state index in [0.29, 0.717) is 17.7 Å². The van der Waals surface area contributed by atoms with E-state index in [0.717, 1.165) is 60.2 Å². The van der Waals surface area contributed by atoms with Crippen LogP contribution in [-0.2, 0) is 11.0 Å². The van der Waals surface area contributed by atoms with E-state index in [4.69, 9.17) is 15.2 Å². The molecule has 9 rings (SSSR count). The summed E-state index contributed by atoms with van der Waals surface area (Å²) in [6.07, 6.45) is 10.2. The van der Waals surface area contributed by atoms with Gasteiger partial charge in [0.1, 0.15) is 6.33 Å². The molecule has 164 valence electrons. The van der Waals surface area contributed by atoms with E-state index in [1.807, 2.05) is 35.1 Å². The summed E-state index contributed by atoms with van der Waals surface area (Å²) < 4.78 is 1.81. The average molecular weight is 438 g/mol. The maximum atomic E-state index is 5.07. The Morgan fingerprint density at radius 2 is 1.85 bits per heavy atom. The highest BCUT2D eigenvalue weighted by Gasteiger charge is 2.61. The molecule has 4 fully saturated rings. The quantitative estimate of drug-likeness (QED) is 0.460. The van der Waals surface area contributed by atoms with E-state index in [1.54, 1.807) is 17.0 Å². The fourth-order valence-corrected chi connectivity index (χ4v) is 7.29. The fraction of sp³-hybridized carbons (Fsp3) is 0.435. The molecule has 0 unspecified atom stereocenters. The minimum absolute atomic E-state index is 0.0628. The van der Waals surface area contributed by atoms with Crippen molar-refractivity contribution in [2.75, 3.05) is 0 Å². The predicted octanol–water partition coefficient (Wildman–Crippen LogP) is 2.90. The minimum Gasteiger partial charge on any atom is -0.261 e. The zero-order valence-corrected chi connectivity index (χ0v) is 18.0. The van der Waals surface area contributed by atoms with E-state index < -0.39 is 0 Å². The second-order valence-electron chi connectivity index (χ2n) is 10.3. The van der Waals surface area contributed by atoms with E-state index in [-0.39, 0.29) is 11.0 Å². The van der Waals surface area contributed by atoms with Crippen molar-refractivity contribution in [1.82, 2.24) is 50.0 Å². The summed E-state index contributed by atoms with van der Waals surface area (Å²) in [7, 11) is 0. The summed E-state index contributed by atoms with van der Waals surface area (Å²) in [5, 5.41) is 26.8. The summed E-state index contributed by atoms with van der Waals surface area (Å²) in [5.74, 6) is 2.90. The van der Waals surface area contributed by atoms with Crippen LogP contribution < -0.4 is 0 Å². The van der Waals surface area contributed by atoms with Gasteiger partial charge in [-0.3, -0.25) is 5.10 Å². The highest BCUT2D eigenvalue weighted by atomic mass is 15.6. The lowest BCUT2D eigenvalue weighted by atomic mass is 9.46. The first-order chi connectivity index (χ1) is 16.2. The molecule has 4 heterocycles. The molecule has 4 bridgehead atoms. The zero-order valence-electron chi connectivity index (χ0n) is 18.0. The van der Waals surface area contributed by atoms with Crippen molar-refractivity contribution >= 4 is 16.7 Å². The highest BCUT2D eigenvalue weighted by Crippen LogP contribution is 2.64. The van der Waals surface area contributed by atoms with Crippen molar-refractivity contribution in [1.29, 1.82) is 0 Å². The van der Waals surface area contributed by atoms with Crippen molar-refractivity contribution in [3.05, 3.63) is 48.7 Å². The number of hydrogen-bond acceptors (Lipinski definition) is 7. The molecule has 5 aromatic rings. The molecular weight excluding hydrogens is 416 g/mol. The van der Waals surface area contributed by atoms with Gasteiger partial charge in [-0.05, 0) is 55.6 Å². The molecule has 4 aromatic heterocycles. The Bertz CT molecular complexity index is 1500. The average Bonchev–Trinajstić information content (AvgIpc) is 3.57. The van der Waals surface area contributed by atoms with Crippen LogP contribution in [0.1, 0.15) is 44.3 Å². The Morgan fingerprint density at radius 3 is 2.70 bits per heavy atom. The van der Waals surface area contributed by atoms with Gasteiger partial charge in [0.05, 0.1) is 17.1 Å². The lowest BCUT2D eigenvalue weighted by Crippen LogP contribution is -2.59. The standard InChI is InChI=1S/C23H22N10/c1-2-4-16(5-3-1)18-28-31-33(29-18)23-9-14-6-15(10-23)8-22(7-14,12-23)21-26-20-17-11-25-27-19(17)24-13-32(20)30-21/h1-5,11,13-15H,6-10,12H2,(H,25,27)/t14-,15-,22?,23?/m0/s1. The molecule has 4 aliphatic rings. The van der Waals surface area contributed by atoms with Crippen molar-refractivity contribution in [2.24, 2.45) is 11.8 Å². The van der Waals surface area contributed by atoms with E-state index in [1.165, 1.54) is 6.42 Å². The molecule has 0 aliphatic heterocycles. The van der Waals surface area contributed by atoms with Gasteiger partial charge in [-0.15, -0.1) is 15.3 Å². The number of aromatic nitrogens is 10. The normalized spacial score (nSPS) is 30.5. The van der Waals surface area contributed by atoms with Crippen LogP contribution in [0, 0.1) is 11.8 Å². The largest absolute Gasteiger partial charge is 0.261 e. The Morgan fingerprint density at radius 1 is 1.00 bits per heavy atom. The number of H-pyrrole nitrogens is 1. The molecule has 10 heteroatoms. The van der Waals surface area contributed by atoms with Crippen LogP contribution >= 0.6 is 0 Å². The number of nitrogens with zero attached hydrogens (tertiary/aromatic N) is 9. The lowest BCUT2D eigenvalue weighted by molar-refractivity contribution is -0.0784. The molecule has 0 amide bonds. The van der Waals surface area contributed by atoms with Gasteiger partial charge in [-0.1, -0.05) is 30.3 Å². The molecular formula is C23H22N10. The van der Waals surface area contributed by atoms with Crippen LogP contribution in [0.5, 0.6) is 0 Å². The molecule has 4 aliphatic carbocycles. The van der Waals surface area contributed by atoms with Crippen molar-refractivity contribution in [2.45, 2.75) is 49.5 Å². The minimum atomic E-state index is -0.120. The van der Waals surface area contributed by atoms with Gasteiger partial charge in [0.15, 0.2) is 17.1 Å². The molecule has 33 heavy (non-hydrogen) atoms. The van der Waals surface area contributed by atoms with Gasteiger partial charge in [-0.2, -0.15) is 9.90 Å². The SMILES string of the molecule is c1ccc(-c2nnn(C34C[C@H]5C[C@@H](CC(c6nc7c8cn[nH]c8ncn7n6)(C5)C3)C4)n2)cc1. The van der Waals surface area contributed by atoms with Gasteiger partial charge >= 0.3 is 0 Å². The molecule has 0 saturated heterocycles. The maximum absolute atomic E-state index is 5.07. The third-order valence-corrected chi connectivity index (χ3v) is 8.16. The van der Waals surface area contributed by atoms with Crippen LogP contribution in [0.3, 0.4) is 0 Å². The smallest absolute Gasteiger partial charge is 0.204 e. The Balaban J connectivity index is 1.24. The second-order valence-corrected chi connectivity index (χ2v) is 10.3. The highest BCUT2D eigenvalue weighted by molar-refractivity contribution is 5.87. The Hall–Kier alpha value is -3.69. The first-order valence-electron chi connectivity index (χ1n) is 11.6. The predicted molar refractivity (Wildman–Crippen MR) is 118 cm³/mol. The van der Waals surface area contributed by atoms with E-state index >= 15 is 0 Å². The number of nitrogens with one attached hydrogen (secondary N) is 1. The van der Waals surface area contributed by atoms with Gasteiger partial charge in [-0.25, -0.2) is 14.5 Å². The summed E-state index contributed by atoms with van der Waals surface area (Å²) in [5.41, 5.74) is 2.38. The van der Waals surface area contributed by atoms with Crippen LogP contribution in [0.25, 0.3) is 28.1 Å². The van der Waals surface area contributed by atoms with Crippen molar-refractivity contribution < 1.29 is 0 Å². The first-order valence-corrected chi connectivity index (χ1v) is 11.6. The molecule has 1 N–H and O–H groups in total. The molecule has 0 radical (unpaired) electrons. The lowest BCUT2D eigenvalue weighted by Gasteiger charge is -2.60. The summed E-state index contributed by atoms with van der Waals surface area (Å²) in [6, 6.07) is 10.1. The fourth-order valence-electron chi connectivity index (χ4n) is 7.29. The Kier molecular flexibility index (Phi) is 3.24. The maximum Gasteiger partial charge on any atom is 0.204 e. The van der Waals surface area contributed by atoms with Crippen LogP contribution in [0.15, 0.2) is 42.9 Å². The van der Waals surface area contributed by atoms with Gasteiger partial charge in [0.25, 0.3) is 0 Å². The number of rotatable bonds is 3. The van der Waals surface area contributed by atoms with Crippen molar-refractivity contribution in [3.63, 3.8) is 0 Å². The topological polar surface area (TPSA) is 115 Å². The van der Waals surface area contributed by atoms with Crippen LogP contribution in [-0.4, -0.2) is 50.0 Å². The molecule has 2 atom stereocenters. The molecule has 1 aromatic carbocycles. The Labute approximate surface area is 188 Å². The first kappa shape index (κ1) is 17.8. The number of fused-ring (bicyclic) bond motifs is 3. The van der Waals surface area contributed by atoms with Crippen LogP contribution in [0.4, 0.5) is 0 Å². The monoisotopic (exact) mass is 438 g/mol. The molecule has 10 nitrogen and oxygen atoms in total. The zero-order chi connectivity index (χ0) is 21.6. The number of tetrazole rings is 1. The summed E-state index contributed by atoms with van der Waals surface area (Å²) >= 11 is 0. The second kappa shape index (κ2) is 6.00. The summed E-state index contributed by atoms with van der Waals surface area (Å²) in [6.45, 7) is 0. The van der Waals surface area contributed by atoms with Gasteiger partial charge in [0, 0.05) is 11.0 Å². The number of benzene rings is 1. The molecule has 4 saturated carbocycles. The third kappa shape index (κ3) is 2.40. The number of aromatic amines is 1. The van der Waals surface area contributed by atoms with Gasteiger partial charge in [0.2, 0.25) is 5.82 Å². The summed E-state index contributed by atoms with van der Waals surface area (Å²) in [4.78, 5) is 11.4. The van der Waals surface area contributed by atoms with Crippen LogP contribution in [0.2, 0.25) is 0 Å². The molecule has 0 spiro atoms. The van der Waals surface area contributed by atoms with E-state index in [9.17, 15) is 0 Å². The van der Waals surface area contributed by atoms with Gasteiger partial charge < -0.3 is 0 Å². The van der Waals surface area contributed by atoms with Crippen molar-refractivity contribution in [3.8, 4) is 11.4 Å². The third-order valence-electron chi connectivity index (χ3n) is 8.16. The number of hydrogen-bond donors (Lipinski definition) is 1. The van der Waals surface area contributed by atoms with E-state index in [2.05, 4.69) is 25.5 Å².